The molecule has 0 radical (unpaired) electrons. The van der Waals surface area contributed by atoms with Gasteiger partial charge in [-0.2, -0.15) is 18.3 Å². The van der Waals surface area contributed by atoms with Crippen LogP contribution in [0.1, 0.15) is 66.8 Å². The molecular weight excluding hydrogens is 393 g/mol. The molecule has 2 heterocycles. The summed E-state index contributed by atoms with van der Waals surface area (Å²) < 4.78 is 41.6. The topological polar surface area (TPSA) is 41.4 Å². The van der Waals surface area contributed by atoms with Crippen LogP contribution >= 0.6 is 0 Å². The SMILES string of the molecule is CC(C)c1ccc(CN2CCN(C(=O)c3cnn(C(C)C)c3C(F)(F)F)CC2)cc1. The van der Waals surface area contributed by atoms with Crippen LogP contribution in [0.5, 0.6) is 0 Å². The van der Waals surface area contributed by atoms with Crippen molar-refractivity contribution in [3.05, 3.63) is 52.8 Å². The molecule has 1 fully saturated rings. The number of halogens is 3. The van der Waals surface area contributed by atoms with Gasteiger partial charge in [0.05, 0.1) is 11.8 Å². The van der Waals surface area contributed by atoms with Gasteiger partial charge in [0.1, 0.15) is 0 Å². The fraction of sp³-hybridized carbons (Fsp3) is 0.545. The minimum atomic E-state index is -4.63. The van der Waals surface area contributed by atoms with Crippen LogP contribution in [0.25, 0.3) is 0 Å². The third-order valence-corrected chi connectivity index (χ3v) is 5.50. The first-order chi connectivity index (χ1) is 14.1. The third-order valence-electron chi connectivity index (χ3n) is 5.50. The number of nitrogens with zero attached hydrogens (tertiary/aromatic N) is 4. The fourth-order valence-corrected chi connectivity index (χ4v) is 3.74. The summed E-state index contributed by atoms with van der Waals surface area (Å²) in [5.74, 6) is -0.120. The zero-order valence-electron chi connectivity index (χ0n) is 17.9. The highest BCUT2D eigenvalue weighted by atomic mass is 19.4. The van der Waals surface area contributed by atoms with Crippen LogP contribution in [-0.2, 0) is 12.7 Å². The average Bonchev–Trinajstić information content (AvgIpc) is 3.14. The van der Waals surface area contributed by atoms with Crippen molar-refractivity contribution >= 4 is 5.91 Å². The maximum absolute atomic E-state index is 13.6. The molecule has 0 bridgehead atoms. The minimum Gasteiger partial charge on any atom is -0.336 e. The van der Waals surface area contributed by atoms with E-state index in [2.05, 4.69) is 48.1 Å². The molecule has 2 aromatic rings. The monoisotopic (exact) mass is 422 g/mol. The Bertz CT molecular complexity index is 863. The zero-order chi connectivity index (χ0) is 22.1. The van der Waals surface area contributed by atoms with E-state index in [0.29, 0.717) is 32.1 Å². The molecule has 1 saturated heterocycles. The average molecular weight is 422 g/mol. The molecule has 1 amide bonds. The van der Waals surface area contributed by atoms with Crippen molar-refractivity contribution in [1.82, 2.24) is 19.6 Å². The smallest absolute Gasteiger partial charge is 0.336 e. The molecule has 8 heteroatoms. The van der Waals surface area contributed by atoms with Gasteiger partial charge in [-0.3, -0.25) is 14.4 Å². The van der Waals surface area contributed by atoms with E-state index >= 15 is 0 Å². The lowest BCUT2D eigenvalue weighted by Crippen LogP contribution is -2.48. The first kappa shape index (κ1) is 22.3. The van der Waals surface area contributed by atoms with Crippen LogP contribution in [-0.4, -0.2) is 51.7 Å². The number of carbonyl (C=O) groups is 1. The second-order valence-electron chi connectivity index (χ2n) is 8.41. The van der Waals surface area contributed by atoms with Crippen molar-refractivity contribution in [2.24, 2.45) is 0 Å². The first-order valence-electron chi connectivity index (χ1n) is 10.3. The van der Waals surface area contributed by atoms with Crippen LogP contribution in [0.3, 0.4) is 0 Å². The van der Waals surface area contributed by atoms with E-state index in [0.717, 1.165) is 17.4 Å². The van der Waals surface area contributed by atoms with E-state index < -0.39 is 23.8 Å². The van der Waals surface area contributed by atoms with Crippen LogP contribution in [0.15, 0.2) is 30.5 Å². The zero-order valence-corrected chi connectivity index (χ0v) is 17.9. The lowest BCUT2D eigenvalue weighted by Gasteiger charge is -2.35. The number of carbonyl (C=O) groups excluding carboxylic acids is 1. The second-order valence-corrected chi connectivity index (χ2v) is 8.41. The molecule has 0 aliphatic carbocycles. The number of benzene rings is 1. The van der Waals surface area contributed by atoms with Crippen LogP contribution < -0.4 is 0 Å². The molecular formula is C22H29F3N4O. The van der Waals surface area contributed by atoms with Crippen molar-refractivity contribution in [2.45, 2.75) is 52.4 Å². The van der Waals surface area contributed by atoms with Gasteiger partial charge in [-0.25, -0.2) is 0 Å². The van der Waals surface area contributed by atoms with Crippen LogP contribution in [0.4, 0.5) is 13.2 Å². The summed E-state index contributed by atoms with van der Waals surface area (Å²) in [7, 11) is 0. The predicted molar refractivity (Wildman–Crippen MR) is 109 cm³/mol. The molecule has 1 aliphatic rings. The number of rotatable bonds is 5. The van der Waals surface area contributed by atoms with E-state index in [4.69, 9.17) is 0 Å². The molecule has 0 atom stereocenters. The van der Waals surface area contributed by atoms with Crippen LogP contribution in [0.2, 0.25) is 0 Å². The Morgan fingerprint density at radius 1 is 1.03 bits per heavy atom. The standard InChI is InChI=1S/C22H29F3N4O/c1-15(2)18-7-5-17(6-8-18)14-27-9-11-28(12-10-27)21(30)19-13-26-29(16(3)4)20(19)22(23,24)25/h5-8,13,15-16H,9-12,14H2,1-4H3. The molecule has 164 valence electrons. The molecule has 30 heavy (non-hydrogen) atoms. The first-order valence-corrected chi connectivity index (χ1v) is 10.3. The lowest BCUT2D eigenvalue weighted by atomic mass is 10.0. The summed E-state index contributed by atoms with van der Waals surface area (Å²) in [6.45, 7) is 10.3. The van der Waals surface area contributed by atoms with E-state index in [1.807, 2.05) is 0 Å². The second kappa shape index (κ2) is 8.79. The van der Waals surface area contributed by atoms with Gasteiger partial charge >= 0.3 is 6.18 Å². The molecule has 1 aliphatic heterocycles. The van der Waals surface area contributed by atoms with Gasteiger partial charge < -0.3 is 4.90 Å². The van der Waals surface area contributed by atoms with Crippen molar-refractivity contribution in [1.29, 1.82) is 0 Å². The van der Waals surface area contributed by atoms with E-state index in [9.17, 15) is 18.0 Å². The number of piperazine rings is 1. The largest absolute Gasteiger partial charge is 0.433 e. The number of hydrogen-bond acceptors (Lipinski definition) is 3. The summed E-state index contributed by atoms with van der Waals surface area (Å²) in [6, 6.07) is 8.00. The maximum Gasteiger partial charge on any atom is 0.433 e. The quantitative estimate of drug-likeness (QED) is 0.709. The van der Waals surface area contributed by atoms with Gasteiger partial charge in [-0.05, 0) is 30.9 Å². The van der Waals surface area contributed by atoms with E-state index in [1.165, 1.54) is 16.0 Å². The number of aromatic nitrogens is 2. The summed E-state index contributed by atoms with van der Waals surface area (Å²) in [6.07, 6.45) is -3.58. The van der Waals surface area contributed by atoms with Gasteiger partial charge in [-0.15, -0.1) is 0 Å². The van der Waals surface area contributed by atoms with Crippen molar-refractivity contribution < 1.29 is 18.0 Å². The van der Waals surface area contributed by atoms with Gasteiger partial charge in [0, 0.05) is 38.8 Å². The van der Waals surface area contributed by atoms with E-state index in [1.54, 1.807) is 13.8 Å². The highest BCUT2D eigenvalue weighted by Crippen LogP contribution is 2.34. The number of hydrogen-bond donors (Lipinski definition) is 0. The normalized spacial score (nSPS) is 16.0. The molecule has 1 aromatic carbocycles. The number of amides is 1. The Balaban J connectivity index is 1.65. The Morgan fingerprint density at radius 3 is 2.13 bits per heavy atom. The molecule has 5 nitrogen and oxygen atoms in total. The maximum atomic E-state index is 13.6. The Hall–Kier alpha value is -2.35. The molecule has 1 aromatic heterocycles. The van der Waals surface area contributed by atoms with Gasteiger partial charge in [0.15, 0.2) is 5.69 Å². The third kappa shape index (κ3) is 4.86. The van der Waals surface area contributed by atoms with Crippen molar-refractivity contribution in [2.75, 3.05) is 26.2 Å². The molecule has 0 spiro atoms. The summed E-state index contributed by atoms with van der Waals surface area (Å²) in [5.41, 5.74) is 1.15. The van der Waals surface area contributed by atoms with Crippen molar-refractivity contribution in [3.63, 3.8) is 0 Å². The minimum absolute atomic E-state index is 0.367. The predicted octanol–water partition coefficient (Wildman–Crippen LogP) is 4.56. The summed E-state index contributed by atoms with van der Waals surface area (Å²) in [4.78, 5) is 16.5. The fourth-order valence-electron chi connectivity index (χ4n) is 3.74. The van der Waals surface area contributed by atoms with Crippen molar-refractivity contribution in [3.8, 4) is 0 Å². The lowest BCUT2D eigenvalue weighted by molar-refractivity contribution is -0.145. The highest BCUT2D eigenvalue weighted by molar-refractivity contribution is 5.95. The molecule has 0 saturated carbocycles. The van der Waals surface area contributed by atoms with Gasteiger partial charge in [0.25, 0.3) is 5.91 Å². The highest BCUT2D eigenvalue weighted by Gasteiger charge is 2.41. The summed E-state index contributed by atoms with van der Waals surface area (Å²) in [5, 5.41) is 3.83. The molecule has 0 N–H and O–H groups in total. The van der Waals surface area contributed by atoms with Gasteiger partial charge in [-0.1, -0.05) is 38.1 Å². The molecule has 3 rings (SSSR count). The van der Waals surface area contributed by atoms with E-state index in [-0.39, 0.29) is 5.56 Å². The van der Waals surface area contributed by atoms with Crippen LogP contribution in [0, 0.1) is 0 Å². The number of alkyl halides is 3. The van der Waals surface area contributed by atoms with Gasteiger partial charge in [0.2, 0.25) is 0 Å². The Labute approximate surface area is 175 Å². The molecule has 0 unspecified atom stereocenters. The summed E-state index contributed by atoms with van der Waals surface area (Å²) >= 11 is 0. The Kier molecular flexibility index (Phi) is 6.55. The Morgan fingerprint density at radius 2 is 1.63 bits per heavy atom.